The molecule has 26 heavy (non-hydrogen) atoms. The molecule has 2 N–H and O–H groups in total. The highest BCUT2D eigenvalue weighted by atomic mass is 16.2. The number of aryl methyl sites for hydroxylation is 2. The highest BCUT2D eigenvalue weighted by Gasteiger charge is 2.27. The molecule has 2 rings (SSSR count). The van der Waals surface area contributed by atoms with Crippen LogP contribution in [0.1, 0.15) is 50.7 Å². The van der Waals surface area contributed by atoms with Gasteiger partial charge in [-0.25, -0.2) is 0 Å². The Kier molecular flexibility index (Phi) is 7.21. The average molecular weight is 360 g/mol. The molecule has 3 unspecified atom stereocenters. The Hall–Kier alpha value is -1.88. The molecule has 0 aromatic heterocycles. The van der Waals surface area contributed by atoms with Gasteiger partial charge in [0, 0.05) is 11.7 Å². The van der Waals surface area contributed by atoms with E-state index in [9.17, 15) is 9.59 Å². The molecule has 0 aliphatic heterocycles. The summed E-state index contributed by atoms with van der Waals surface area (Å²) in [4.78, 5) is 26.8. The summed E-state index contributed by atoms with van der Waals surface area (Å²) in [5.41, 5.74) is 2.94. The Morgan fingerprint density at radius 1 is 1.19 bits per heavy atom. The van der Waals surface area contributed by atoms with Crippen molar-refractivity contribution >= 4 is 17.5 Å². The van der Waals surface area contributed by atoms with Crippen LogP contribution in [0.25, 0.3) is 0 Å². The van der Waals surface area contributed by atoms with Crippen LogP contribution >= 0.6 is 0 Å². The third kappa shape index (κ3) is 5.31. The molecule has 1 aliphatic carbocycles. The molecule has 1 saturated carbocycles. The molecule has 5 nitrogen and oxygen atoms in total. The number of anilines is 1. The van der Waals surface area contributed by atoms with Gasteiger partial charge in [-0.2, -0.15) is 0 Å². The van der Waals surface area contributed by atoms with E-state index in [0.717, 1.165) is 23.2 Å². The van der Waals surface area contributed by atoms with Gasteiger partial charge in [0.05, 0.1) is 12.6 Å². The number of amides is 2. The smallest absolute Gasteiger partial charge is 0.238 e. The van der Waals surface area contributed by atoms with E-state index in [1.54, 1.807) is 4.90 Å². The van der Waals surface area contributed by atoms with Crippen molar-refractivity contribution in [1.82, 2.24) is 10.2 Å². The van der Waals surface area contributed by atoms with Crippen molar-refractivity contribution in [2.24, 2.45) is 5.92 Å². The first-order valence-electron chi connectivity index (χ1n) is 9.66. The van der Waals surface area contributed by atoms with Crippen LogP contribution in [0.15, 0.2) is 18.2 Å². The van der Waals surface area contributed by atoms with Gasteiger partial charge in [0.1, 0.15) is 0 Å². The second-order valence-electron chi connectivity index (χ2n) is 7.78. The lowest BCUT2D eigenvalue weighted by molar-refractivity contribution is -0.127. The number of nitrogens with zero attached hydrogens (tertiary/aromatic N) is 1. The minimum absolute atomic E-state index is 0.00567. The van der Waals surface area contributed by atoms with Gasteiger partial charge >= 0.3 is 0 Å². The van der Waals surface area contributed by atoms with Crippen LogP contribution < -0.4 is 10.6 Å². The molecule has 0 radical (unpaired) electrons. The van der Waals surface area contributed by atoms with Crippen LogP contribution in [0.4, 0.5) is 5.69 Å². The predicted octanol–water partition coefficient (Wildman–Crippen LogP) is 3.26. The number of nitrogens with one attached hydrogen (secondary N) is 2. The number of hydrogen-bond acceptors (Lipinski definition) is 3. The van der Waals surface area contributed by atoms with Crippen LogP contribution in [0.5, 0.6) is 0 Å². The zero-order chi connectivity index (χ0) is 19.3. The molecule has 0 spiro atoms. The van der Waals surface area contributed by atoms with E-state index in [0.29, 0.717) is 5.92 Å². The molecule has 5 heteroatoms. The Balaban J connectivity index is 1.88. The van der Waals surface area contributed by atoms with E-state index in [1.807, 2.05) is 46.0 Å². The maximum Gasteiger partial charge on any atom is 0.238 e. The first-order valence-corrected chi connectivity index (χ1v) is 9.66. The van der Waals surface area contributed by atoms with Gasteiger partial charge in [0.2, 0.25) is 11.8 Å². The highest BCUT2D eigenvalue weighted by molar-refractivity contribution is 5.94. The minimum atomic E-state index is -0.340. The highest BCUT2D eigenvalue weighted by Crippen LogP contribution is 2.24. The SMILES string of the molecule is Cc1cccc(C)c1NC(=O)CN(C)C(C)C(=O)NC1CCCCC1C. The first-order chi connectivity index (χ1) is 12.3. The molecule has 144 valence electrons. The molecule has 1 aromatic rings. The van der Waals surface area contributed by atoms with E-state index < -0.39 is 0 Å². The summed E-state index contributed by atoms with van der Waals surface area (Å²) < 4.78 is 0. The van der Waals surface area contributed by atoms with Crippen molar-refractivity contribution in [2.75, 3.05) is 18.9 Å². The molecular weight excluding hydrogens is 326 g/mol. The Labute approximate surface area is 157 Å². The largest absolute Gasteiger partial charge is 0.352 e. The maximum absolute atomic E-state index is 12.6. The van der Waals surface area contributed by atoms with E-state index in [1.165, 1.54) is 19.3 Å². The standard InChI is InChI=1S/C21H33N3O2/c1-14-9-6-7-12-18(14)22-21(26)17(4)24(5)13-19(25)23-20-15(2)10-8-11-16(20)3/h8,10-11,14,17-18H,6-7,9,12-13H2,1-5H3,(H,22,26)(H,23,25). The lowest BCUT2D eigenvalue weighted by Gasteiger charge is -2.32. The summed E-state index contributed by atoms with van der Waals surface area (Å²) in [6.07, 6.45) is 4.66. The molecular formula is C21H33N3O2. The fraction of sp³-hybridized carbons (Fsp3) is 0.619. The molecule has 1 aliphatic rings. The van der Waals surface area contributed by atoms with Gasteiger partial charge in [-0.05, 0) is 57.7 Å². The number of carbonyl (C=O) groups is 2. The zero-order valence-electron chi connectivity index (χ0n) is 16.8. The number of para-hydroxylation sites is 1. The quantitative estimate of drug-likeness (QED) is 0.819. The minimum Gasteiger partial charge on any atom is -0.352 e. The third-order valence-electron chi connectivity index (χ3n) is 5.62. The molecule has 1 fully saturated rings. The van der Waals surface area contributed by atoms with E-state index in [-0.39, 0.29) is 30.4 Å². The summed E-state index contributed by atoms with van der Waals surface area (Å²) in [6, 6.07) is 5.86. The van der Waals surface area contributed by atoms with Crippen molar-refractivity contribution in [3.63, 3.8) is 0 Å². The van der Waals surface area contributed by atoms with Crippen LogP contribution in [0, 0.1) is 19.8 Å². The summed E-state index contributed by atoms with van der Waals surface area (Å²) >= 11 is 0. The van der Waals surface area contributed by atoms with Crippen molar-refractivity contribution in [2.45, 2.75) is 65.5 Å². The lowest BCUT2D eigenvalue weighted by Crippen LogP contribution is -2.50. The molecule has 0 saturated heterocycles. The monoisotopic (exact) mass is 359 g/mol. The average Bonchev–Trinajstić information content (AvgIpc) is 2.59. The Bertz CT molecular complexity index is 624. The second-order valence-corrected chi connectivity index (χ2v) is 7.78. The van der Waals surface area contributed by atoms with Gasteiger partial charge in [-0.15, -0.1) is 0 Å². The zero-order valence-corrected chi connectivity index (χ0v) is 16.8. The fourth-order valence-corrected chi connectivity index (χ4v) is 3.59. The Morgan fingerprint density at radius 2 is 1.81 bits per heavy atom. The van der Waals surface area contributed by atoms with Gasteiger partial charge < -0.3 is 10.6 Å². The Morgan fingerprint density at radius 3 is 2.42 bits per heavy atom. The summed E-state index contributed by atoms with van der Waals surface area (Å²) in [7, 11) is 1.82. The summed E-state index contributed by atoms with van der Waals surface area (Å²) in [5.74, 6) is 0.430. The number of hydrogen-bond donors (Lipinski definition) is 2. The number of rotatable bonds is 6. The molecule has 3 atom stereocenters. The van der Waals surface area contributed by atoms with Gasteiger partial charge in [0.15, 0.2) is 0 Å². The van der Waals surface area contributed by atoms with Crippen LogP contribution in [-0.2, 0) is 9.59 Å². The van der Waals surface area contributed by atoms with Gasteiger partial charge in [-0.3, -0.25) is 14.5 Å². The molecule has 0 bridgehead atoms. The summed E-state index contributed by atoms with van der Waals surface area (Å²) in [6.45, 7) is 8.20. The van der Waals surface area contributed by atoms with Gasteiger partial charge in [-0.1, -0.05) is 38.0 Å². The predicted molar refractivity (Wildman–Crippen MR) is 106 cm³/mol. The summed E-state index contributed by atoms with van der Waals surface area (Å²) in [5, 5.41) is 6.16. The van der Waals surface area contributed by atoms with Gasteiger partial charge in [0.25, 0.3) is 0 Å². The number of benzene rings is 1. The van der Waals surface area contributed by atoms with E-state index >= 15 is 0 Å². The topological polar surface area (TPSA) is 61.4 Å². The van der Waals surface area contributed by atoms with Crippen molar-refractivity contribution in [3.8, 4) is 0 Å². The van der Waals surface area contributed by atoms with E-state index in [4.69, 9.17) is 0 Å². The molecule has 1 aromatic carbocycles. The molecule has 2 amide bonds. The van der Waals surface area contributed by atoms with Crippen molar-refractivity contribution in [1.29, 1.82) is 0 Å². The second kappa shape index (κ2) is 9.17. The van der Waals surface area contributed by atoms with Crippen LogP contribution in [0.2, 0.25) is 0 Å². The first kappa shape index (κ1) is 20.4. The van der Waals surface area contributed by atoms with E-state index in [2.05, 4.69) is 17.6 Å². The fourth-order valence-electron chi connectivity index (χ4n) is 3.59. The molecule has 0 heterocycles. The number of likely N-dealkylation sites (N-methyl/N-ethyl adjacent to an activating group) is 1. The van der Waals surface area contributed by atoms with Crippen LogP contribution in [0.3, 0.4) is 0 Å². The normalized spacial score (nSPS) is 21.3. The van der Waals surface area contributed by atoms with Crippen molar-refractivity contribution < 1.29 is 9.59 Å². The third-order valence-corrected chi connectivity index (χ3v) is 5.62. The van der Waals surface area contributed by atoms with Crippen LogP contribution in [-0.4, -0.2) is 42.4 Å². The lowest BCUT2D eigenvalue weighted by atomic mass is 9.86. The number of carbonyl (C=O) groups excluding carboxylic acids is 2. The van der Waals surface area contributed by atoms with Crippen molar-refractivity contribution in [3.05, 3.63) is 29.3 Å². The maximum atomic E-state index is 12.6.